The van der Waals surface area contributed by atoms with Crippen LogP contribution in [0.25, 0.3) is 0 Å². The van der Waals surface area contributed by atoms with Gasteiger partial charge in [0.15, 0.2) is 0 Å². The zero-order chi connectivity index (χ0) is 16.1. The van der Waals surface area contributed by atoms with Crippen molar-refractivity contribution in [1.29, 1.82) is 0 Å². The Balaban J connectivity index is 1.96. The Bertz CT molecular complexity index is 695. The fraction of sp³-hybridized carbons (Fsp3) is 0.100. The van der Waals surface area contributed by atoms with E-state index in [4.69, 9.17) is 17.3 Å². The first-order valence-electron chi connectivity index (χ1n) is 7.61. The lowest BCUT2D eigenvalue weighted by Crippen LogP contribution is -2.23. The highest BCUT2D eigenvalue weighted by atomic mass is 35.5. The van der Waals surface area contributed by atoms with Crippen molar-refractivity contribution < 1.29 is 0 Å². The van der Waals surface area contributed by atoms with Crippen LogP contribution in [0.3, 0.4) is 0 Å². The number of nitrogens with zero attached hydrogens (tertiary/aromatic N) is 1. The van der Waals surface area contributed by atoms with Gasteiger partial charge in [0.25, 0.3) is 0 Å². The van der Waals surface area contributed by atoms with Crippen LogP contribution in [0.15, 0.2) is 78.9 Å². The standard InChI is InChI=1S/C20H19ClN2/c21-18-12-7-13-19(22)20(18)23(14-16-8-3-1-4-9-16)15-17-10-5-2-6-11-17/h1-13H,14-15,22H2. The van der Waals surface area contributed by atoms with E-state index in [0.29, 0.717) is 10.7 Å². The minimum atomic E-state index is 0.678. The summed E-state index contributed by atoms with van der Waals surface area (Å²) in [5.74, 6) is 0. The van der Waals surface area contributed by atoms with Gasteiger partial charge in [-0.2, -0.15) is 0 Å². The van der Waals surface area contributed by atoms with Crippen LogP contribution in [-0.2, 0) is 13.1 Å². The smallest absolute Gasteiger partial charge is 0.0795 e. The van der Waals surface area contributed by atoms with E-state index in [1.165, 1.54) is 11.1 Å². The topological polar surface area (TPSA) is 29.3 Å². The normalized spacial score (nSPS) is 10.5. The summed E-state index contributed by atoms with van der Waals surface area (Å²) in [5, 5.41) is 0.678. The van der Waals surface area contributed by atoms with Gasteiger partial charge in [0.2, 0.25) is 0 Å². The summed E-state index contributed by atoms with van der Waals surface area (Å²) in [6, 6.07) is 26.4. The predicted octanol–water partition coefficient (Wildman–Crippen LogP) is 5.13. The van der Waals surface area contributed by atoms with Crippen molar-refractivity contribution in [3.05, 3.63) is 95.0 Å². The third-order valence-corrected chi connectivity index (χ3v) is 4.07. The van der Waals surface area contributed by atoms with E-state index in [9.17, 15) is 0 Å². The van der Waals surface area contributed by atoms with Crippen molar-refractivity contribution in [2.24, 2.45) is 0 Å². The number of para-hydroxylation sites is 1. The summed E-state index contributed by atoms with van der Waals surface area (Å²) in [5.41, 5.74) is 10.2. The minimum absolute atomic E-state index is 0.678. The fourth-order valence-electron chi connectivity index (χ4n) is 2.69. The van der Waals surface area contributed by atoms with E-state index in [1.807, 2.05) is 54.6 Å². The van der Waals surface area contributed by atoms with Crippen molar-refractivity contribution >= 4 is 23.0 Å². The lowest BCUT2D eigenvalue weighted by atomic mass is 10.1. The zero-order valence-electron chi connectivity index (χ0n) is 12.8. The maximum Gasteiger partial charge on any atom is 0.0795 e. The molecule has 2 nitrogen and oxygen atoms in total. The van der Waals surface area contributed by atoms with Crippen molar-refractivity contribution in [1.82, 2.24) is 0 Å². The summed E-state index contributed by atoms with van der Waals surface area (Å²) >= 11 is 6.44. The molecule has 0 atom stereocenters. The van der Waals surface area contributed by atoms with Crippen LogP contribution in [0.4, 0.5) is 11.4 Å². The van der Waals surface area contributed by atoms with Gasteiger partial charge in [-0.3, -0.25) is 0 Å². The molecule has 0 aromatic heterocycles. The zero-order valence-corrected chi connectivity index (χ0v) is 13.6. The lowest BCUT2D eigenvalue weighted by molar-refractivity contribution is 0.801. The average molecular weight is 323 g/mol. The Morgan fingerprint density at radius 1 is 0.696 bits per heavy atom. The molecule has 116 valence electrons. The molecule has 0 aliphatic carbocycles. The maximum atomic E-state index is 6.44. The number of rotatable bonds is 5. The second kappa shape index (κ2) is 7.21. The van der Waals surface area contributed by atoms with Crippen molar-refractivity contribution in [3.63, 3.8) is 0 Å². The molecule has 0 aliphatic rings. The van der Waals surface area contributed by atoms with Gasteiger partial charge in [-0.1, -0.05) is 78.3 Å². The Kier molecular flexibility index (Phi) is 4.84. The summed E-state index contributed by atoms with van der Waals surface area (Å²) in [7, 11) is 0. The summed E-state index contributed by atoms with van der Waals surface area (Å²) in [6.07, 6.45) is 0. The van der Waals surface area contributed by atoms with Gasteiger partial charge in [-0.15, -0.1) is 0 Å². The Labute approximate surface area is 142 Å². The second-order valence-electron chi connectivity index (χ2n) is 5.50. The van der Waals surface area contributed by atoms with E-state index in [1.54, 1.807) is 0 Å². The molecule has 3 aromatic rings. The van der Waals surface area contributed by atoms with E-state index in [-0.39, 0.29) is 0 Å². The summed E-state index contributed by atoms with van der Waals surface area (Å²) in [6.45, 7) is 1.51. The number of halogens is 1. The van der Waals surface area contributed by atoms with Crippen LogP contribution in [0.1, 0.15) is 11.1 Å². The van der Waals surface area contributed by atoms with Crippen LogP contribution in [0, 0.1) is 0 Å². The molecule has 0 heterocycles. The molecule has 0 saturated carbocycles. The third kappa shape index (κ3) is 3.85. The molecule has 0 amide bonds. The molecule has 3 heteroatoms. The number of hydrogen-bond acceptors (Lipinski definition) is 2. The van der Waals surface area contributed by atoms with Crippen LogP contribution >= 0.6 is 11.6 Å². The number of nitrogen functional groups attached to an aromatic ring is 1. The van der Waals surface area contributed by atoms with Crippen molar-refractivity contribution in [3.8, 4) is 0 Å². The first kappa shape index (κ1) is 15.4. The van der Waals surface area contributed by atoms with Crippen LogP contribution < -0.4 is 10.6 Å². The van der Waals surface area contributed by atoms with E-state index in [0.717, 1.165) is 18.8 Å². The average Bonchev–Trinajstić information content (AvgIpc) is 2.56. The van der Waals surface area contributed by atoms with Gasteiger partial charge in [0.1, 0.15) is 0 Å². The minimum Gasteiger partial charge on any atom is -0.397 e. The molecule has 0 bridgehead atoms. The first-order chi connectivity index (χ1) is 11.2. The molecular weight excluding hydrogens is 304 g/mol. The highest BCUT2D eigenvalue weighted by molar-refractivity contribution is 6.34. The number of hydrogen-bond donors (Lipinski definition) is 1. The van der Waals surface area contributed by atoms with Gasteiger partial charge in [0.05, 0.1) is 16.4 Å². The molecule has 0 radical (unpaired) electrons. The molecule has 23 heavy (non-hydrogen) atoms. The molecule has 0 aliphatic heterocycles. The van der Waals surface area contributed by atoms with Gasteiger partial charge in [-0.05, 0) is 23.3 Å². The quantitative estimate of drug-likeness (QED) is 0.660. The van der Waals surface area contributed by atoms with Gasteiger partial charge in [-0.25, -0.2) is 0 Å². The highest BCUT2D eigenvalue weighted by Gasteiger charge is 2.14. The highest BCUT2D eigenvalue weighted by Crippen LogP contribution is 2.34. The molecule has 0 fully saturated rings. The Hall–Kier alpha value is -2.45. The van der Waals surface area contributed by atoms with Crippen LogP contribution in [0.2, 0.25) is 5.02 Å². The van der Waals surface area contributed by atoms with Gasteiger partial charge in [0, 0.05) is 13.1 Å². The number of benzene rings is 3. The molecule has 0 spiro atoms. The lowest BCUT2D eigenvalue weighted by Gasteiger charge is -2.27. The number of anilines is 2. The molecule has 2 N–H and O–H groups in total. The van der Waals surface area contributed by atoms with Crippen molar-refractivity contribution in [2.45, 2.75) is 13.1 Å². The fourth-order valence-corrected chi connectivity index (χ4v) is 2.99. The van der Waals surface area contributed by atoms with E-state index < -0.39 is 0 Å². The first-order valence-corrected chi connectivity index (χ1v) is 7.98. The van der Waals surface area contributed by atoms with Crippen LogP contribution in [0.5, 0.6) is 0 Å². The predicted molar refractivity (Wildman–Crippen MR) is 98.6 cm³/mol. The third-order valence-electron chi connectivity index (χ3n) is 3.77. The Morgan fingerprint density at radius 3 is 1.70 bits per heavy atom. The van der Waals surface area contributed by atoms with Crippen molar-refractivity contribution in [2.75, 3.05) is 10.6 Å². The molecule has 0 saturated heterocycles. The summed E-state index contributed by atoms with van der Waals surface area (Å²) < 4.78 is 0. The monoisotopic (exact) mass is 322 g/mol. The van der Waals surface area contributed by atoms with E-state index >= 15 is 0 Å². The second-order valence-corrected chi connectivity index (χ2v) is 5.91. The molecule has 3 aromatic carbocycles. The molecular formula is C20H19ClN2. The van der Waals surface area contributed by atoms with Gasteiger partial charge < -0.3 is 10.6 Å². The van der Waals surface area contributed by atoms with Gasteiger partial charge >= 0.3 is 0 Å². The maximum absolute atomic E-state index is 6.44. The SMILES string of the molecule is Nc1cccc(Cl)c1N(Cc1ccccc1)Cc1ccccc1. The molecule has 0 unspecified atom stereocenters. The van der Waals surface area contributed by atoms with Crippen LogP contribution in [-0.4, -0.2) is 0 Å². The molecule has 3 rings (SSSR count). The summed E-state index contributed by atoms with van der Waals surface area (Å²) in [4.78, 5) is 2.22. The largest absolute Gasteiger partial charge is 0.397 e. The Morgan fingerprint density at radius 2 is 1.22 bits per heavy atom. The van der Waals surface area contributed by atoms with E-state index in [2.05, 4.69) is 29.2 Å². The number of nitrogens with two attached hydrogens (primary N) is 1.